The van der Waals surface area contributed by atoms with Crippen LogP contribution in [-0.4, -0.2) is 4.03 Å². The fraction of sp³-hybridized carbons (Fsp3) is 0. The summed E-state index contributed by atoms with van der Waals surface area (Å²) in [6.45, 7) is 0. The van der Waals surface area contributed by atoms with Crippen LogP contribution >= 0.6 is 0 Å². The molecule has 35 valence electrons. The van der Waals surface area contributed by atoms with Gasteiger partial charge >= 0.3 is 26.8 Å². The molecule has 0 aliphatic heterocycles. The fourth-order valence-electron chi connectivity index (χ4n) is 0. The minimum atomic E-state index is -3.69. The van der Waals surface area contributed by atoms with Crippen LogP contribution in [0, 0.1) is 39.9 Å². The van der Waals surface area contributed by atoms with Crippen molar-refractivity contribution >= 4 is 0 Å². The second-order valence-corrected chi connectivity index (χ2v) is 0.981. The van der Waals surface area contributed by atoms with E-state index in [0.29, 0.717) is 0 Å². The van der Waals surface area contributed by atoms with Crippen molar-refractivity contribution < 1.29 is 99.4 Å². The summed E-state index contributed by atoms with van der Waals surface area (Å²) in [7, 11) is 0. The molecule has 0 aromatic rings. The third kappa shape index (κ3) is 30.8. The second-order valence-electron chi connectivity index (χ2n) is 0.238. The van der Waals surface area contributed by atoms with Gasteiger partial charge in [-0.1, -0.05) is 0 Å². The maximum atomic E-state index is 8.67. The minimum absolute atomic E-state index is 0. The summed E-state index contributed by atoms with van der Waals surface area (Å²) in [5, 5.41) is 0. The maximum Gasteiger partial charge on any atom is 0 e. The van der Waals surface area contributed by atoms with E-state index in [1.54, 1.807) is 0 Å². The Labute approximate surface area is 97.2 Å². The summed E-state index contributed by atoms with van der Waals surface area (Å²) in [5.74, 6) is 0. The van der Waals surface area contributed by atoms with Gasteiger partial charge in [-0.15, -0.1) is 0 Å². The molecule has 6 heavy (non-hydrogen) atoms. The summed E-state index contributed by atoms with van der Waals surface area (Å²) in [4.78, 5) is 0. The molecule has 0 rings (SSSR count). The molecular weight excluding hydrogens is 345 g/mol. The Kier molecular flexibility index (Phi) is 27.8. The molecule has 1 N–H and O–H groups in total. The summed E-state index contributed by atoms with van der Waals surface area (Å²) in [6.07, 6.45) is 0. The van der Waals surface area contributed by atoms with E-state index in [9.17, 15) is 0 Å². The van der Waals surface area contributed by atoms with Crippen LogP contribution in [0.4, 0.5) is 0 Å². The van der Waals surface area contributed by atoms with Gasteiger partial charge in [-0.05, 0) is 0 Å². The Hall–Kier alpha value is 2.57. The maximum absolute atomic E-state index is 8.67. The summed E-state index contributed by atoms with van der Waals surface area (Å²) in [5.41, 5.74) is 0. The smallest absolute Gasteiger partial charge is 0 e. The molecule has 6 heteroatoms. The van der Waals surface area contributed by atoms with Crippen LogP contribution in [0.2, 0.25) is 0 Å². The first-order valence-electron chi connectivity index (χ1n) is 0.565. The Balaban J connectivity index is -0.0000000450. The molecule has 0 unspecified atom stereocenters. The van der Waals surface area contributed by atoms with Crippen LogP contribution in [-0.2, 0) is 55.5 Å². The van der Waals surface area contributed by atoms with Crippen LogP contribution in [0.3, 0.4) is 0 Å². The molecule has 0 aliphatic rings. The zero-order valence-electron chi connectivity index (χ0n) is 2.64. The van der Waals surface area contributed by atoms with E-state index < -0.39 is 15.4 Å². The third-order valence-electron chi connectivity index (χ3n) is 0. The molecule has 0 heterocycles. The van der Waals surface area contributed by atoms with E-state index in [1.807, 2.05) is 0 Å². The van der Waals surface area contributed by atoms with Crippen molar-refractivity contribution in [2.24, 2.45) is 0 Å². The van der Waals surface area contributed by atoms with Crippen molar-refractivity contribution in [3.05, 3.63) is 0 Å². The molecule has 1 radical (unpaired) electrons. The molecular formula is HGdO3VY. The average Bonchev–Trinajstić information content (AvgIpc) is 0.811. The van der Waals surface area contributed by atoms with Crippen LogP contribution in [0.15, 0.2) is 0 Å². The standard InChI is InChI=1S/Gd.H2O.2O.V.Y/h;1H2;;;;/q;;;;+1;/p-1. The van der Waals surface area contributed by atoms with Crippen molar-refractivity contribution in [1.82, 2.24) is 0 Å². The minimum Gasteiger partial charge on any atom is 0 e. The largest absolute Gasteiger partial charge is 0 e. The quantitative estimate of drug-likeness (QED) is 0.625. The van der Waals surface area contributed by atoms with Gasteiger partial charge in [-0.2, -0.15) is 0 Å². The SMILES string of the molecule is [Gd].[O]=[V](=[O])[OH].[Y]. The van der Waals surface area contributed by atoms with E-state index in [4.69, 9.17) is 11.4 Å². The van der Waals surface area contributed by atoms with Gasteiger partial charge in [-0.25, -0.2) is 0 Å². The first-order valence-corrected chi connectivity index (χ1v) is 2.33. The van der Waals surface area contributed by atoms with E-state index in [1.165, 1.54) is 0 Å². The summed E-state index contributed by atoms with van der Waals surface area (Å²) < 4.78 is 24.4. The van der Waals surface area contributed by atoms with Gasteiger partial charge in [0.05, 0.1) is 0 Å². The Bertz CT molecular complexity index is 59.2. The molecule has 0 aliphatic carbocycles. The molecule has 0 amide bonds. The predicted octanol–water partition coefficient (Wildman–Crippen LogP) is -0.800. The van der Waals surface area contributed by atoms with Gasteiger partial charge in [-0.3, -0.25) is 0 Å². The van der Waals surface area contributed by atoms with Gasteiger partial charge in [0.2, 0.25) is 0 Å². The zero-order chi connectivity index (χ0) is 3.58. The predicted molar refractivity (Wildman–Crippen MR) is 3.59 cm³/mol. The van der Waals surface area contributed by atoms with Crippen LogP contribution < -0.4 is 0 Å². The van der Waals surface area contributed by atoms with Crippen molar-refractivity contribution in [3.63, 3.8) is 0 Å². The van der Waals surface area contributed by atoms with E-state index >= 15 is 0 Å². The normalized spacial score (nSPS) is 4.17. The Morgan fingerprint density at radius 1 is 1.33 bits per heavy atom. The second kappa shape index (κ2) is 10.5. The number of rotatable bonds is 0. The van der Waals surface area contributed by atoms with Crippen LogP contribution in [0.1, 0.15) is 0 Å². The average molecular weight is 346 g/mol. The molecule has 0 aromatic heterocycles. The molecule has 0 atom stereocenters. The first-order chi connectivity index (χ1) is 1.73. The molecule has 0 spiro atoms. The summed E-state index contributed by atoms with van der Waals surface area (Å²) in [6, 6.07) is 0. The Morgan fingerprint density at radius 2 is 1.33 bits per heavy atom. The molecule has 0 saturated heterocycles. The fourth-order valence-corrected chi connectivity index (χ4v) is 0. The van der Waals surface area contributed by atoms with Crippen molar-refractivity contribution in [3.8, 4) is 0 Å². The van der Waals surface area contributed by atoms with E-state index in [0.717, 1.165) is 0 Å². The molecule has 3 nitrogen and oxygen atoms in total. The van der Waals surface area contributed by atoms with Crippen LogP contribution in [0.5, 0.6) is 0 Å². The van der Waals surface area contributed by atoms with Crippen molar-refractivity contribution in [2.45, 2.75) is 0 Å². The molecule has 0 bridgehead atoms. The van der Waals surface area contributed by atoms with Gasteiger partial charge in [0.25, 0.3) is 0 Å². The monoisotopic (exact) mass is 347 g/mol. The molecule has 0 aromatic carbocycles. The number of hydrogen-bond donors (Lipinski definition) is 1. The summed E-state index contributed by atoms with van der Waals surface area (Å²) >= 11 is -3.69. The van der Waals surface area contributed by atoms with Gasteiger partial charge in [0, 0.05) is 72.6 Å². The van der Waals surface area contributed by atoms with Crippen molar-refractivity contribution in [2.75, 3.05) is 0 Å². The van der Waals surface area contributed by atoms with Gasteiger partial charge in [0.15, 0.2) is 0 Å². The van der Waals surface area contributed by atoms with Crippen molar-refractivity contribution in [1.29, 1.82) is 0 Å². The zero-order valence-corrected chi connectivity index (χ0v) is 9.15. The van der Waals surface area contributed by atoms with Gasteiger partial charge in [0.1, 0.15) is 0 Å². The van der Waals surface area contributed by atoms with Gasteiger partial charge < -0.3 is 0 Å². The first kappa shape index (κ1) is 15.8. The van der Waals surface area contributed by atoms with E-state index in [-0.39, 0.29) is 72.6 Å². The Morgan fingerprint density at radius 3 is 1.33 bits per heavy atom. The third-order valence-corrected chi connectivity index (χ3v) is 0. The van der Waals surface area contributed by atoms with E-state index in [2.05, 4.69) is 0 Å². The molecule has 0 saturated carbocycles. The molecule has 0 fully saturated rings. The topological polar surface area (TPSA) is 54.4 Å². The van der Waals surface area contributed by atoms with Crippen LogP contribution in [0.25, 0.3) is 0 Å². The number of hydrogen-bond acceptors (Lipinski definition) is 2.